The number of hydrogen-bond acceptors (Lipinski definition) is 5. The molecule has 0 aliphatic carbocycles. The minimum Gasteiger partial charge on any atom is -0.455 e. The number of rotatable bonds is 8. The molecule has 1 N–H and O–H groups in total. The highest BCUT2D eigenvalue weighted by Crippen LogP contribution is 2.51. The Balaban J connectivity index is 0.959. The molecule has 2 aromatic heterocycles. The van der Waals surface area contributed by atoms with Crippen molar-refractivity contribution in [1.29, 1.82) is 0 Å². The molecule has 69 heavy (non-hydrogen) atoms. The lowest BCUT2D eigenvalue weighted by molar-refractivity contribution is 0.670. The number of thiophene rings is 1. The normalized spacial score (nSPS) is 11.9. The minimum absolute atomic E-state index is 0.898. The van der Waals surface area contributed by atoms with Crippen molar-refractivity contribution in [3.8, 4) is 33.4 Å². The van der Waals surface area contributed by atoms with Crippen LogP contribution >= 0.6 is 11.3 Å². The minimum atomic E-state index is 0.898. The molecule has 11 aromatic carbocycles. The number of hydrogen-bond donors (Lipinski definition) is 1. The third kappa shape index (κ3) is 6.51. The van der Waals surface area contributed by atoms with Gasteiger partial charge < -0.3 is 19.5 Å². The Hall–Kier alpha value is -8.90. The summed E-state index contributed by atoms with van der Waals surface area (Å²) in [5, 5.41) is 11.1. The monoisotopic (exact) mass is 899 g/mol. The summed E-state index contributed by atoms with van der Waals surface area (Å²) in [6.07, 6.45) is 0. The summed E-state index contributed by atoms with van der Waals surface area (Å²) >= 11 is 1.89. The molecule has 0 unspecified atom stereocenters. The zero-order chi connectivity index (χ0) is 45.4. The molecular weight excluding hydrogens is 859 g/mol. The van der Waals surface area contributed by atoms with Gasteiger partial charge in [0.15, 0.2) is 0 Å². The lowest BCUT2D eigenvalue weighted by atomic mass is 9.90. The molecule has 0 bridgehead atoms. The van der Waals surface area contributed by atoms with Crippen LogP contribution in [0.2, 0.25) is 0 Å². The first-order valence-corrected chi connectivity index (χ1v) is 24.2. The maximum absolute atomic E-state index is 6.49. The second-order valence-electron chi connectivity index (χ2n) is 17.8. The molecule has 324 valence electrons. The number of nitrogens with one attached hydrogen (secondary N) is 1. The molecule has 0 fully saturated rings. The molecule has 0 amide bonds. The van der Waals surface area contributed by atoms with E-state index in [-0.39, 0.29) is 0 Å². The summed E-state index contributed by atoms with van der Waals surface area (Å²) in [7, 11) is 0. The van der Waals surface area contributed by atoms with E-state index in [0.29, 0.717) is 0 Å². The Labute approximate surface area is 403 Å². The van der Waals surface area contributed by atoms with Crippen molar-refractivity contribution >= 4 is 110 Å². The zero-order valence-electron chi connectivity index (χ0n) is 37.3. The standard InChI is InChI=1S/C64H41N3OS/c1-4-16-44(17-5-1)66(45-18-6-2-7-19-45)48-36-43(42-32-35-53-57-40-56-51-22-10-12-27-58(51)65-59-28-15-26-55(62(56)59)64(57)69-61(53)38-42)37-49(39-48)67(46-20-8-3-9-21-46)47-33-30-41(31-34-47)50-24-14-25-54-52-23-11-13-29-60(52)68-63(50)54/h1-40,65H. The Kier molecular flexibility index (Phi) is 9.04. The highest BCUT2D eigenvalue weighted by molar-refractivity contribution is 7.26. The molecule has 1 aliphatic rings. The average Bonchev–Trinajstić information content (AvgIpc) is 3.99. The largest absolute Gasteiger partial charge is 0.455 e. The number of benzene rings is 11. The number of nitrogens with zero attached hydrogens (tertiary/aromatic N) is 2. The molecule has 13 aromatic rings. The summed E-state index contributed by atoms with van der Waals surface area (Å²) in [6.45, 7) is 0. The quantitative estimate of drug-likeness (QED) is 0.165. The van der Waals surface area contributed by atoms with Crippen molar-refractivity contribution in [2.75, 3.05) is 15.1 Å². The molecular formula is C64H41N3OS. The fourth-order valence-corrected chi connectivity index (χ4v) is 11.8. The van der Waals surface area contributed by atoms with Gasteiger partial charge in [-0.1, -0.05) is 146 Å². The topological polar surface area (TPSA) is 31.6 Å². The van der Waals surface area contributed by atoms with Crippen LogP contribution in [0.5, 0.6) is 0 Å². The predicted octanol–water partition coefficient (Wildman–Crippen LogP) is 19.1. The first-order valence-electron chi connectivity index (χ1n) is 23.4. The molecule has 4 nitrogen and oxygen atoms in total. The molecule has 1 aliphatic heterocycles. The van der Waals surface area contributed by atoms with Gasteiger partial charge in [0.25, 0.3) is 0 Å². The summed E-state index contributed by atoms with van der Waals surface area (Å²) in [6, 6.07) is 87.6. The van der Waals surface area contributed by atoms with E-state index >= 15 is 0 Å². The van der Waals surface area contributed by atoms with E-state index in [0.717, 1.165) is 89.7 Å². The molecule has 0 atom stereocenters. The fourth-order valence-electron chi connectivity index (χ4n) is 10.6. The summed E-state index contributed by atoms with van der Waals surface area (Å²) in [5.74, 6) is 0. The van der Waals surface area contributed by atoms with E-state index in [1.54, 1.807) is 0 Å². The van der Waals surface area contributed by atoms with E-state index in [2.05, 4.69) is 246 Å². The maximum atomic E-state index is 6.49. The second-order valence-corrected chi connectivity index (χ2v) is 18.8. The van der Waals surface area contributed by atoms with Gasteiger partial charge >= 0.3 is 0 Å². The van der Waals surface area contributed by atoms with Crippen molar-refractivity contribution < 1.29 is 4.42 Å². The average molecular weight is 900 g/mol. The SMILES string of the molecule is c1ccc(N(c2ccccc2)c2cc(-c3ccc4c(c3)sc3c5cccc6c5c(cc43)-c3ccccc3N6)cc(N(c3ccccc3)c3ccc(-c4cccc5c4oc4ccccc45)cc3)c2)cc1. The van der Waals surface area contributed by atoms with E-state index < -0.39 is 0 Å². The van der Waals surface area contributed by atoms with E-state index in [9.17, 15) is 0 Å². The summed E-state index contributed by atoms with van der Waals surface area (Å²) < 4.78 is 9.07. The van der Waals surface area contributed by atoms with Gasteiger partial charge in [0, 0.05) is 98.3 Å². The number of anilines is 8. The van der Waals surface area contributed by atoms with Gasteiger partial charge in [0.05, 0.1) is 0 Å². The predicted molar refractivity (Wildman–Crippen MR) is 293 cm³/mol. The van der Waals surface area contributed by atoms with Crippen LogP contribution in [0.3, 0.4) is 0 Å². The Morgan fingerprint density at radius 3 is 1.62 bits per heavy atom. The van der Waals surface area contributed by atoms with Crippen LogP contribution in [-0.4, -0.2) is 0 Å². The van der Waals surface area contributed by atoms with Crippen LogP contribution in [0.25, 0.3) is 86.3 Å². The van der Waals surface area contributed by atoms with Crippen molar-refractivity contribution in [3.63, 3.8) is 0 Å². The number of para-hydroxylation sites is 6. The van der Waals surface area contributed by atoms with Crippen LogP contribution in [-0.2, 0) is 0 Å². The van der Waals surface area contributed by atoms with E-state index in [1.807, 2.05) is 23.5 Å². The van der Waals surface area contributed by atoms with Crippen molar-refractivity contribution in [3.05, 3.63) is 243 Å². The lowest BCUT2D eigenvalue weighted by Gasteiger charge is -2.30. The zero-order valence-corrected chi connectivity index (χ0v) is 38.1. The van der Waals surface area contributed by atoms with Crippen molar-refractivity contribution in [2.24, 2.45) is 0 Å². The molecule has 0 radical (unpaired) electrons. The van der Waals surface area contributed by atoms with Crippen LogP contribution in [0, 0.1) is 0 Å². The molecule has 0 spiro atoms. The second kappa shape index (κ2) is 15.9. The van der Waals surface area contributed by atoms with Gasteiger partial charge in [-0.15, -0.1) is 11.3 Å². The van der Waals surface area contributed by atoms with E-state index in [4.69, 9.17) is 4.42 Å². The van der Waals surface area contributed by atoms with Crippen LogP contribution in [0.15, 0.2) is 247 Å². The Morgan fingerprint density at radius 1 is 0.333 bits per heavy atom. The Morgan fingerprint density at radius 2 is 0.899 bits per heavy atom. The van der Waals surface area contributed by atoms with Crippen molar-refractivity contribution in [1.82, 2.24) is 0 Å². The van der Waals surface area contributed by atoms with E-state index in [1.165, 1.54) is 42.1 Å². The smallest absolute Gasteiger partial charge is 0.143 e. The van der Waals surface area contributed by atoms with Gasteiger partial charge in [-0.2, -0.15) is 0 Å². The number of fused-ring (bicyclic) bond motifs is 9. The Bertz CT molecular complexity index is 4060. The van der Waals surface area contributed by atoms with Gasteiger partial charge in [-0.3, -0.25) is 0 Å². The first kappa shape index (κ1) is 39.3. The highest BCUT2D eigenvalue weighted by Gasteiger charge is 2.23. The van der Waals surface area contributed by atoms with Crippen molar-refractivity contribution in [2.45, 2.75) is 0 Å². The first-order chi connectivity index (χ1) is 34.2. The van der Waals surface area contributed by atoms with Crippen LogP contribution in [0.4, 0.5) is 45.5 Å². The third-order valence-corrected chi connectivity index (χ3v) is 14.9. The van der Waals surface area contributed by atoms with Crippen LogP contribution in [0.1, 0.15) is 0 Å². The maximum Gasteiger partial charge on any atom is 0.143 e. The van der Waals surface area contributed by atoms with Gasteiger partial charge in [-0.05, 0) is 119 Å². The van der Waals surface area contributed by atoms with Crippen LogP contribution < -0.4 is 15.1 Å². The third-order valence-electron chi connectivity index (χ3n) is 13.7. The lowest BCUT2D eigenvalue weighted by Crippen LogP contribution is -2.13. The van der Waals surface area contributed by atoms with Gasteiger partial charge in [0.2, 0.25) is 0 Å². The highest BCUT2D eigenvalue weighted by atomic mass is 32.1. The molecule has 14 rings (SSSR count). The summed E-state index contributed by atoms with van der Waals surface area (Å²) in [4.78, 5) is 4.74. The molecule has 3 heterocycles. The number of furan rings is 1. The fraction of sp³-hybridized carbons (Fsp3) is 0. The summed E-state index contributed by atoms with van der Waals surface area (Å²) in [5.41, 5.74) is 17.5. The molecule has 0 saturated carbocycles. The van der Waals surface area contributed by atoms with Gasteiger partial charge in [-0.25, -0.2) is 0 Å². The molecule has 0 saturated heterocycles. The molecule has 5 heteroatoms. The van der Waals surface area contributed by atoms with Gasteiger partial charge in [0.1, 0.15) is 11.2 Å².